The van der Waals surface area contributed by atoms with E-state index in [4.69, 9.17) is 19.9 Å². The van der Waals surface area contributed by atoms with Crippen LogP contribution in [0.4, 0.5) is 0 Å². The Morgan fingerprint density at radius 3 is 2.19 bits per heavy atom. The van der Waals surface area contributed by atoms with E-state index in [1.165, 1.54) is 0 Å². The molecular weight excluding hydrogens is 372 g/mol. The van der Waals surface area contributed by atoms with Crippen LogP contribution in [0.5, 0.6) is 17.2 Å². The van der Waals surface area contributed by atoms with Crippen LogP contribution in [-0.4, -0.2) is 50.0 Å². The highest BCUT2D eigenvalue weighted by Gasteiger charge is 2.05. The number of hydrogen-bond donors (Lipinski definition) is 3. The maximum absolute atomic E-state index is 10.6. The third kappa shape index (κ3) is 9.69. The van der Waals surface area contributed by atoms with Gasteiger partial charge in [0, 0.05) is 13.1 Å². The van der Waals surface area contributed by atoms with Crippen LogP contribution in [0.1, 0.15) is 0 Å². The molecule has 7 nitrogen and oxygen atoms in total. The highest BCUT2D eigenvalue weighted by atomic mass is 35.5. The molecule has 2 aromatic rings. The van der Waals surface area contributed by atoms with E-state index in [2.05, 4.69) is 5.32 Å². The molecule has 0 saturated carbocycles. The molecule has 148 valence electrons. The zero-order chi connectivity index (χ0) is 18.6. The first-order valence-corrected chi connectivity index (χ1v) is 8.34. The molecule has 1 amide bonds. The second kappa shape index (κ2) is 12.8. The first-order valence-electron chi connectivity index (χ1n) is 8.34. The first-order chi connectivity index (χ1) is 12.6. The molecule has 0 aliphatic rings. The van der Waals surface area contributed by atoms with E-state index in [1.54, 1.807) is 24.3 Å². The van der Waals surface area contributed by atoms with Crippen LogP contribution in [0.25, 0.3) is 0 Å². The van der Waals surface area contributed by atoms with Gasteiger partial charge in [0.2, 0.25) is 0 Å². The normalized spacial score (nSPS) is 11.1. The summed E-state index contributed by atoms with van der Waals surface area (Å²) in [4.78, 5) is 10.6. The van der Waals surface area contributed by atoms with Crippen molar-refractivity contribution in [3.8, 4) is 17.2 Å². The van der Waals surface area contributed by atoms with Gasteiger partial charge in [-0.05, 0) is 36.4 Å². The van der Waals surface area contributed by atoms with Gasteiger partial charge in [-0.15, -0.1) is 12.4 Å². The number of nitrogens with two attached hydrogens (primary N) is 1. The number of carbonyl (C=O) groups excluding carboxylic acids is 1. The minimum absolute atomic E-state index is 0. The number of amides is 1. The second-order valence-electron chi connectivity index (χ2n) is 5.56. The number of aliphatic hydroxyl groups excluding tert-OH is 1. The minimum Gasteiger partial charge on any atom is -0.492 e. The van der Waals surface area contributed by atoms with Gasteiger partial charge in [-0.1, -0.05) is 18.2 Å². The van der Waals surface area contributed by atoms with Crippen LogP contribution in [0, 0.1) is 0 Å². The Balaban J connectivity index is 0.00000364. The quantitative estimate of drug-likeness (QED) is 0.468. The summed E-state index contributed by atoms with van der Waals surface area (Å²) in [7, 11) is 0. The van der Waals surface area contributed by atoms with Crippen LogP contribution >= 0.6 is 12.4 Å². The average Bonchev–Trinajstić information content (AvgIpc) is 2.66. The molecule has 1 atom stereocenters. The second-order valence-corrected chi connectivity index (χ2v) is 5.56. The summed E-state index contributed by atoms with van der Waals surface area (Å²) in [6.45, 7) is 1.53. The Hall–Kier alpha value is -2.48. The van der Waals surface area contributed by atoms with Crippen molar-refractivity contribution in [3.05, 3.63) is 54.6 Å². The Kier molecular flexibility index (Phi) is 10.7. The van der Waals surface area contributed by atoms with Crippen LogP contribution in [0.3, 0.4) is 0 Å². The molecule has 0 heterocycles. The number of aliphatic hydroxyl groups is 1. The molecule has 0 aromatic heterocycles. The molecular formula is C19H25ClN2O5. The number of rotatable bonds is 12. The van der Waals surface area contributed by atoms with Crippen molar-refractivity contribution in [1.82, 2.24) is 5.32 Å². The van der Waals surface area contributed by atoms with E-state index >= 15 is 0 Å². The Bertz CT molecular complexity index is 655. The highest BCUT2D eigenvalue weighted by molar-refractivity contribution is 5.85. The summed E-state index contributed by atoms with van der Waals surface area (Å²) in [6.07, 6.45) is -0.600. The van der Waals surface area contributed by atoms with Crippen molar-refractivity contribution in [3.63, 3.8) is 0 Å². The summed E-state index contributed by atoms with van der Waals surface area (Å²) in [6, 6.07) is 16.3. The Labute approximate surface area is 164 Å². The van der Waals surface area contributed by atoms with Gasteiger partial charge in [0.05, 0.1) is 0 Å². The van der Waals surface area contributed by atoms with Crippen molar-refractivity contribution in [2.24, 2.45) is 5.73 Å². The summed E-state index contributed by atoms with van der Waals surface area (Å²) >= 11 is 0. The third-order valence-electron chi connectivity index (χ3n) is 3.32. The summed E-state index contributed by atoms with van der Waals surface area (Å²) in [5.41, 5.74) is 5.01. The van der Waals surface area contributed by atoms with Gasteiger partial charge >= 0.3 is 0 Å². The monoisotopic (exact) mass is 396 g/mol. The van der Waals surface area contributed by atoms with E-state index in [1.807, 2.05) is 30.3 Å². The number of carbonyl (C=O) groups is 1. The molecule has 0 bridgehead atoms. The van der Waals surface area contributed by atoms with Gasteiger partial charge in [-0.3, -0.25) is 4.79 Å². The highest BCUT2D eigenvalue weighted by Crippen LogP contribution is 2.17. The van der Waals surface area contributed by atoms with Gasteiger partial charge in [-0.25, -0.2) is 0 Å². The van der Waals surface area contributed by atoms with Crippen LogP contribution in [-0.2, 0) is 4.79 Å². The number of nitrogens with one attached hydrogen (secondary N) is 1. The van der Waals surface area contributed by atoms with Gasteiger partial charge in [-0.2, -0.15) is 0 Å². The fourth-order valence-electron chi connectivity index (χ4n) is 2.06. The maximum Gasteiger partial charge on any atom is 0.255 e. The van der Waals surface area contributed by atoms with Crippen LogP contribution in [0.2, 0.25) is 0 Å². The maximum atomic E-state index is 10.6. The lowest BCUT2D eigenvalue weighted by Crippen LogP contribution is -2.33. The number of primary amides is 1. The van der Waals surface area contributed by atoms with Crippen molar-refractivity contribution in [1.29, 1.82) is 0 Å². The zero-order valence-electron chi connectivity index (χ0n) is 14.9. The Morgan fingerprint density at radius 2 is 1.56 bits per heavy atom. The SMILES string of the molecule is Cl.NC(=O)COc1ccc(OCCNCC(O)COc2ccccc2)cc1. The number of hydrogen-bond acceptors (Lipinski definition) is 6. The molecule has 0 spiro atoms. The standard InChI is InChI=1S/C19H24N2O5.ClH/c20-19(23)14-26-18-8-6-17(7-9-18)24-11-10-21-12-15(22)13-25-16-4-2-1-3-5-16;/h1-9,15,21-22H,10-14H2,(H2,20,23);1H. The lowest BCUT2D eigenvalue weighted by atomic mass is 10.3. The summed E-state index contributed by atoms with van der Waals surface area (Å²) in [5, 5.41) is 13.0. The van der Waals surface area contributed by atoms with Gasteiger partial charge in [0.15, 0.2) is 6.61 Å². The Morgan fingerprint density at radius 1 is 0.963 bits per heavy atom. The number of para-hydroxylation sites is 1. The molecule has 27 heavy (non-hydrogen) atoms. The zero-order valence-corrected chi connectivity index (χ0v) is 15.7. The van der Waals surface area contributed by atoms with E-state index in [0.717, 1.165) is 5.75 Å². The van der Waals surface area contributed by atoms with E-state index in [-0.39, 0.29) is 25.6 Å². The van der Waals surface area contributed by atoms with Gasteiger partial charge in [0.25, 0.3) is 5.91 Å². The third-order valence-corrected chi connectivity index (χ3v) is 3.32. The molecule has 2 rings (SSSR count). The minimum atomic E-state index is -0.600. The number of benzene rings is 2. The smallest absolute Gasteiger partial charge is 0.255 e. The molecule has 8 heteroatoms. The van der Waals surface area contributed by atoms with Crippen molar-refractivity contribution < 1.29 is 24.1 Å². The van der Waals surface area contributed by atoms with Crippen LogP contribution in [0.15, 0.2) is 54.6 Å². The molecule has 2 aromatic carbocycles. The van der Waals surface area contributed by atoms with Crippen molar-refractivity contribution in [2.45, 2.75) is 6.10 Å². The van der Waals surface area contributed by atoms with Crippen molar-refractivity contribution in [2.75, 3.05) is 32.9 Å². The molecule has 1 unspecified atom stereocenters. The number of ether oxygens (including phenoxy) is 3. The van der Waals surface area contributed by atoms with E-state index in [0.29, 0.717) is 31.2 Å². The predicted molar refractivity (Wildman–Crippen MR) is 105 cm³/mol. The van der Waals surface area contributed by atoms with E-state index < -0.39 is 12.0 Å². The van der Waals surface area contributed by atoms with Crippen LogP contribution < -0.4 is 25.3 Å². The molecule has 0 aliphatic heterocycles. The lowest BCUT2D eigenvalue weighted by molar-refractivity contribution is -0.119. The first kappa shape index (κ1) is 22.6. The molecule has 0 aliphatic carbocycles. The predicted octanol–water partition coefficient (Wildman–Crippen LogP) is 1.38. The molecule has 0 radical (unpaired) electrons. The molecule has 0 saturated heterocycles. The fourth-order valence-corrected chi connectivity index (χ4v) is 2.06. The number of halogens is 1. The summed E-state index contributed by atoms with van der Waals surface area (Å²) < 4.78 is 16.2. The molecule has 0 fully saturated rings. The van der Waals surface area contributed by atoms with Gasteiger partial charge < -0.3 is 30.4 Å². The largest absolute Gasteiger partial charge is 0.492 e. The average molecular weight is 397 g/mol. The molecule has 4 N–H and O–H groups in total. The van der Waals surface area contributed by atoms with Crippen molar-refractivity contribution >= 4 is 18.3 Å². The van der Waals surface area contributed by atoms with E-state index in [9.17, 15) is 9.90 Å². The van der Waals surface area contributed by atoms with Gasteiger partial charge in [0.1, 0.15) is 36.6 Å². The topological polar surface area (TPSA) is 103 Å². The summed E-state index contributed by atoms with van der Waals surface area (Å²) in [5.74, 6) is 1.45. The lowest BCUT2D eigenvalue weighted by Gasteiger charge is -2.13. The fraction of sp³-hybridized carbons (Fsp3) is 0.316.